The topological polar surface area (TPSA) is 91.0 Å². The highest BCUT2D eigenvalue weighted by molar-refractivity contribution is 6.30. The second-order valence-electron chi connectivity index (χ2n) is 6.58. The van der Waals surface area contributed by atoms with Crippen LogP contribution in [0.15, 0.2) is 24.3 Å². The van der Waals surface area contributed by atoms with E-state index >= 15 is 0 Å². The molecule has 0 radical (unpaired) electrons. The molecule has 27 heavy (non-hydrogen) atoms. The predicted octanol–water partition coefficient (Wildman–Crippen LogP) is 0.851. The van der Waals surface area contributed by atoms with Crippen LogP contribution in [0.25, 0.3) is 0 Å². The number of benzene rings is 1. The highest BCUT2D eigenvalue weighted by Crippen LogP contribution is 2.15. The summed E-state index contributed by atoms with van der Waals surface area (Å²) in [5.41, 5.74) is 0. The number of carbonyl (C=O) groups excluding carboxylic acids is 3. The van der Waals surface area contributed by atoms with Crippen molar-refractivity contribution >= 4 is 29.4 Å². The lowest BCUT2D eigenvalue weighted by molar-refractivity contribution is -0.133. The van der Waals surface area contributed by atoms with Crippen molar-refractivity contribution in [2.45, 2.75) is 18.9 Å². The zero-order chi connectivity index (χ0) is 19.2. The van der Waals surface area contributed by atoms with Crippen molar-refractivity contribution in [3.8, 4) is 5.75 Å². The number of carbonyl (C=O) groups is 3. The summed E-state index contributed by atoms with van der Waals surface area (Å²) in [5, 5.41) is 5.36. The first-order valence-electron chi connectivity index (χ1n) is 9.01. The van der Waals surface area contributed by atoms with Gasteiger partial charge in [0.2, 0.25) is 5.91 Å². The number of nitrogens with one attached hydrogen (secondary N) is 2. The van der Waals surface area contributed by atoms with Crippen LogP contribution in [-0.2, 0) is 9.59 Å². The highest BCUT2D eigenvalue weighted by Gasteiger charge is 2.30. The van der Waals surface area contributed by atoms with Gasteiger partial charge in [-0.15, -0.1) is 0 Å². The van der Waals surface area contributed by atoms with Crippen LogP contribution < -0.4 is 15.4 Å². The zero-order valence-corrected chi connectivity index (χ0v) is 15.7. The first-order chi connectivity index (χ1) is 13.0. The molecule has 1 atom stereocenters. The molecule has 2 heterocycles. The molecule has 2 fully saturated rings. The van der Waals surface area contributed by atoms with Gasteiger partial charge in [0.05, 0.1) is 0 Å². The average molecular weight is 395 g/mol. The fourth-order valence-corrected chi connectivity index (χ4v) is 3.26. The van der Waals surface area contributed by atoms with Gasteiger partial charge in [0.1, 0.15) is 18.4 Å². The molecule has 0 bridgehead atoms. The Morgan fingerprint density at radius 3 is 2.48 bits per heavy atom. The summed E-state index contributed by atoms with van der Waals surface area (Å²) in [7, 11) is 0. The number of nitrogens with zero attached hydrogens (tertiary/aromatic N) is 2. The van der Waals surface area contributed by atoms with E-state index in [4.69, 9.17) is 16.3 Å². The van der Waals surface area contributed by atoms with E-state index in [1.165, 1.54) is 0 Å². The molecular formula is C18H23ClN4O4. The predicted molar refractivity (Wildman–Crippen MR) is 99.7 cm³/mol. The first-order valence-corrected chi connectivity index (χ1v) is 9.39. The molecule has 1 aromatic rings. The van der Waals surface area contributed by atoms with Crippen LogP contribution in [0.5, 0.6) is 5.75 Å². The van der Waals surface area contributed by atoms with Crippen molar-refractivity contribution in [2.75, 3.05) is 39.3 Å². The summed E-state index contributed by atoms with van der Waals surface area (Å²) in [6.45, 7) is 4.25. The van der Waals surface area contributed by atoms with E-state index < -0.39 is 12.1 Å². The van der Waals surface area contributed by atoms with Crippen molar-refractivity contribution in [3.05, 3.63) is 29.3 Å². The number of amides is 4. The molecule has 2 saturated heterocycles. The van der Waals surface area contributed by atoms with Gasteiger partial charge in [0, 0.05) is 44.2 Å². The van der Waals surface area contributed by atoms with Crippen molar-refractivity contribution in [1.82, 2.24) is 20.4 Å². The van der Waals surface area contributed by atoms with Crippen LogP contribution in [0.2, 0.25) is 5.02 Å². The Morgan fingerprint density at radius 2 is 1.85 bits per heavy atom. The first kappa shape index (κ1) is 19.4. The summed E-state index contributed by atoms with van der Waals surface area (Å²) in [6.07, 6.45) is 0.573. The van der Waals surface area contributed by atoms with Gasteiger partial charge in [-0.1, -0.05) is 11.6 Å². The largest absolute Gasteiger partial charge is 0.492 e. The van der Waals surface area contributed by atoms with Crippen LogP contribution >= 0.6 is 11.6 Å². The van der Waals surface area contributed by atoms with Gasteiger partial charge >= 0.3 is 6.03 Å². The lowest BCUT2D eigenvalue weighted by atomic mass is 10.1. The van der Waals surface area contributed by atoms with E-state index in [0.717, 1.165) is 25.4 Å². The molecule has 0 saturated carbocycles. The minimum Gasteiger partial charge on any atom is -0.492 e. The summed E-state index contributed by atoms with van der Waals surface area (Å²) < 4.78 is 5.70. The number of imide groups is 1. The molecule has 3 rings (SSSR count). The quantitative estimate of drug-likeness (QED) is 0.669. The third-order valence-electron chi connectivity index (χ3n) is 4.72. The molecule has 0 aromatic heterocycles. The molecule has 1 unspecified atom stereocenters. The van der Waals surface area contributed by atoms with Gasteiger partial charge in [-0.25, -0.2) is 4.79 Å². The Kier molecular flexibility index (Phi) is 6.52. The van der Waals surface area contributed by atoms with E-state index in [-0.39, 0.29) is 18.2 Å². The fourth-order valence-electron chi connectivity index (χ4n) is 3.13. The fraction of sp³-hybridized carbons (Fsp3) is 0.500. The third kappa shape index (κ3) is 5.58. The number of hydrogen-bond donors (Lipinski definition) is 2. The smallest absolute Gasteiger partial charge is 0.322 e. The van der Waals surface area contributed by atoms with E-state index in [1.807, 2.05) is 17.0 Å². The summed E-state index contributed by atoms with van der Waals surface area (Å²) in [6, 6.07) is 6.17. The van der Waals surface area contributed by atoms with Gasteiger partial charge < -0.3 is 15.0 Å². The molecule has 0 spiro atoms. The second kappa shape index (κ2) is 9.05. The Bertz CT molecular complexity index is 689. The Morgan fingerprint density at radius 1 is 1.15 bits per heavy atom. The van der Waals surface area contributed by atoms with Crippen LogP contribution in [0.1, 0.15) is 12.8 Å². The molecule has 4 amide bonds. The van der Waals surface area contributed by atoms with Crippen molar-refractivity contribution in [3.63, 3.8) is 0 Å². The Labute approximate surface area is 162 Å². The lowest BCUT2D eigenvalue weighted by Crippen LogP contribution is -2.49. The average Bonchev–Trinajstić information content (AvgIpc) is 2.99. The molecule has 0 aliphatic carbocycles. The van der Waals surface area contributed by atoms with Crippen molar-refractivity contribution < 1.29 is 19.1 Å². The van der Waals surface area contributed by atoms with Crippen molar-refractivity contribution in [1.29, 1.82) is 0 Å². The van der Waals surface area contributed by atoms with E-state index in [1.54, 1.807) is 12.1 Å². The van der Waals surface area contributed by atoms with Crippen LogP contribution in [0.3, 0.4) is 0 Å². The van der Waals surface area contributed by atoms with Gasteiger partial charge in [-0.05, 0) is 30.7 Å². The number of ether oxygens (including phenoxy) is 1. The Balaban J connectivity index is 1.32. The lowest BCUT2D eigenvalue weighted by Gasteiger charge is -2.34. The molecule has 8 nitrogen and oxygen atoms in total. The van der Waals surface area contributed by atoms with E-state index in [9.17, 15) is 14.4 Å². The highest BCUT2D eigenvalue weighted by atomic mass is 35.5. The van der Waals surface area contributed by atoms with Gasteiger partial charge in [-0.3, -0.25) is 19.8 Å². The molecule has 2 aliphatic rings. The standard InChI is InChI=1S/C18H23ClN4O4/c19-13-1-3-14(4-2-13)27-12-11-22-7-9-23(10-8-22)16(24)6-5-15-17(25)21-18(26)20-15/h1-4,15H,5-12H2,(H2,20,21,25,26). The van der Waals surface area contributed by atoms with E-state index in [2.05, 4.69) is 15.5 Å². The SMILES string of the molecule is O=C1NC(=O)C(CCC(=O)N2CCN(CCOc3ccc(Cl)cc3)CC2)N1. The monoisotopic (exact) mass is 394 g/mol. The zero-order valence-electron chi connectivity index (χ0n) is 14.9. The molecule has 2 N–H and O–H groups in total. The van der Waals surface area contributed by atoms with Crippen LogP contribution in [-0.4, -0.2) is 73.0 Å². The number of piperazine rings is 1. The molecule has 146 valence electrons. The Hall–Kier alpha value is -2.32. The summed E-state index contributed by atoms with van der Waals surface area (Å²) in [4.78, 5) is 38.9. The third-order valence-corrected chi connectivity index (χ3v) is 4.97. The van der Waals surface area contributed by atoms with Crippen LogP contribution in [0.4, 0.5) is 4.79 Å². The number of halogens is 1. The van der Waals surface area contributed by atoms with Crippen molar-refractivity contribution in [2.24, 2.45) is 0 Å². The van der Waals surface area contributed by atoms with Gasteiger partial charge in [-0.2, -0.15) is 0 Å². The maximum Gasteiger partial charge on any atom is 0.322 e. The van der Waals surface area contributed by atoms with Gasteiger partial charge in [0.15, 0.2) is 0 Å². The van der Waals surface area contributed by atoms with E-state index in [0.29, 0.717) is 31.1 Å². The second-order valence-corrected chi connectivity index (χ2v) is 7.02. The summed E-state index contributed by atoms with van der Waals surface area (Å²) >= 11 is 5.85. The maximum absolute atomic E-state index is 12.3. The summed E-state index contributed by atoms with van der Waals surface area (Å²) in [5.74, 6) is 0.440. The molecular weight excluding hydrogens is 372 g/mol. The normalized spacial score (nSPS) is 20.3. The number of rotatable bonds is 7. The van der Waals surface area contributed by atoms with Gasteiger partial charge in [0.25, 0.3) is 5.91 Å². The minimum absolute atomic E-state index is 0.0148. The number of hydrogen-bond acceptors (Lipinski definition) is 5. The molecule has 2 aliphatic heterocycles. The number of urea groups is 1. The van der Waals surface area contributed by atoms with Crippen LogP contribution in [0, 0.1) is 0 Å². The minimum atomic E-state index is -0.604. The maximum atomic E-state index is 12.3. The molecule has 9 heteroatoms. The molecule has 1 aromatic carbocycles.